The van der Waals surface area contributed by atoms with Crippen LogP contribution in [0.3, 0.4) is 0 Å². The molecule has 0 radical (unpaired) electrons. The van der Waals surface area contributed by atoms with Crippen molar-refractivity contribution in [2.75, 3.05) is 0 Å². The average Bonchev–Trinajstić information content (AvgIpc) is 2.43. The highest BCUT2D eigenvalue weighted by Crippen LogP contribution is 2.11. The molecule has 0 bridgehead atoms. The molecule has 1 aromatic rings. The van der Waals surface area contributed by atoms with E-state index in [1.807, 2.05) is 20.9 Å². The van der Waals surface area contributed by atoms with Gasteiger partial charge in [-0.05, 0) is 0 Å². The van der Waals surface area contributed by atoms with Gasteiger partial charge in [-0.15, -0.1) is 0 Å². The van der Waals surface area contributed by atoms with Crippen molar-refractivity contribution in [3.63, 3.8) is 0 Å². The number of aryl methyl sites for hydroxylation is 2. The van der Waals surface area contributed by atoms with Crippen LogP contribution in [0.15, 0.2) is 0 Å². The average molecular weight is 197 g/mol. The van der Waals surface area contributed by atoms with Crippen LogP contribution in [-0.4, -0.2) is 25.8 Å². The Kier molecular flexibility index (Phi) is 3.22. The van der Waals surface area contributed by atoms with E-state index in [0.717, 1.165) is 5.82 Å². The third kappa shape index (κ3) is 2.55. The van der Waals surface area contributed by atoms with Gasteiger partial charge in [0.15, 0.2) is 5.82 Å². The maximum atomic E-state index is 10.3. The van der Waals surface area contributed by atoms with Crippen molar-refractivity contribution >= 4 is 5.97 Å². The lowest BCUT2D eigenvalue weighted by Gasteiger charge is -2.00. The van der Waals surface area contributed by atoms with Gasteiger partial charge < -0.3 is 5.11 Å². The van der Waals surface area contributed by atoms with E-state index in [-0.39, 0.29) is 6.42 Å². The predicted octanol–water partition coefficient (Wildman–Crippen LogP) is 0.956. The summed E-state index contributed by atoms with van der Waals surface area (Å²) in [7, 11) is 1.83. The first-order valence-electron chi connectivity index (χ1n) is 4.62. The van der Waals surface area contributed by atoms with Gasteiger partial charge in [-0.3, -0.25) is 9.48 Å². The molecule has 1 aromatic heterocycles. The molecule has 0 aliphatic carbocycles. The molecule has 5 nitrogen and oxygen atoms in total. The number of carbonyl (C=O) groups is 1. The monoisotopic (exact) mass is 197 g/mol. The van der Waals surface area contributed by atoms with Crippen molar-refractivity contribution in [1.82, 2.24) is 14.8 Å². The van der Waals surface area contributed by atoms with Gasteiger partial charge in [0, 0.05) is 19.4 Å². The fourth-order valence-corrected chi connectivity index (χ4v) is 1.28. The summed E-state index contributed by atoms with van der Waals surface area (Å²) >= 11 is 0. The van der Waals surface area contributed by atoms with E-state index in [1.54, 1.807) is 4.68 Å². The number of nitrogens with zero attached hydrogens (tertiary/aromatic N) is 3. The molecule has 0 unspecified atom stereocenters. The van der Waals surface area contributed by atoms with E-state index in [1.165, 1.54) is 0 Å². The van der Waals surface area contributed by atoms with Crippen LogP contribution < -0.4 is 0 Å². The van der Waals surface area contributed by atoms with Crippen molar-refractivity contribution < 1.29 is 9.90 Å². The summed E-state index contributed by atoms with van der Waals surface area (Å²) in [4.78, 5) is 14.6. The molecule has 14 heavy (non-hydrogen) atoms. The first-order valence-corrected chi connectivity index (χ1v) is 4.62. The second kappa shape index (κ2) is 4.21. The standard InChI is InChI=1S/C9H15N3O2/c1-6(2)9-10-7(11-12(9)3)4-5-8(13)14/h6H,4-5H2,1-3H3,(H,13,14). The van der Waals surface area contributed by atoms with Crippen LogP contribution in [0.2, 0.25) is 0 Å². The molecule has 0 aromatic carbocycles. The summed E-state index contributed by atoms with van der Waals surface area (Å²) in [6.45, 7) is 4.07. The zero-order chi connectivity index (χ0) is 10.7. The maximum Gasteiger partial charge on any atom is 0.303 e. The van der Waals surface area contributed by atoms with Gasteiger partial charge >= 0.3 is 5.97 Å². The largest absolute Gasteiger partial charge is 0.481 e. The lowest BCUT2D eigenvalue weighted by atomic mass is 10.2. The first-order chi connectivity index (χ1) is 6.50. The van der Waals surface area contributed by atoms with Gasteiger partial charge in [0.25, 0.3) is 0 Å². The van der Waals surface area contributed by atoms with Crippen molar-refractivity contribution in [2.45, 2.75) is 32.6 Å². The number of aromatic nitrogens is 3. The molecule has 0 saturated carbocycles. The number of rotatable bonds is 4. The van der Waals surface area contributed by atoms with Crippen LogP contribution >= 0.6 is 0 Å². The minimum absolute atomic E-state index is 0.0849. The molecule has 1 N–H and O–H groups in total. The highest BCUT2D eigenvalue weighted by molar-refractivity contribution is 5.66. The van der Waals surface area contributed by atoms with Crippen molar-refractivity contribution in [3.05, 3.63) is 11.6 Å². The minimum atomic E-state index is -0.816. The Labute approximate surface area is 82.8 Å². The van der Waals surface area contributed by atoms with E-state index in [2.05, 4.69) is 10.1 Å². The molecule has 0 aliphatic rings. The van der Waals surface area contributed by atoms with Crippen molar-refractivity contribution in [2.24, 2.45) is 7.05 Å². The summed E-state index contributed by atoms with van der Waals surface area (Å²) in [6.07, 6.45) is 0.484. The summed E-state index contributed by atoms with van der Waals surface area (Å²) < 4.78 is 1.71. The fraction of sp³-hybridized carbons (Fsp3) is 0.667. The van der Waals surface area contributed by atoms with Gasteiger partial charge in [0.2, 0.25) is 0 Å². The zero-order valence-corrected chi connectivity index (χ0v) is 8.69. The molecule has 0 spiro atoms. The number of hydrogen-bond acceptors (Lipinski definition) is 3. The lowest BCUT2D eigenvalue weighted by Crippen LogP contribution is -2.00. The highest BCUT2D eigenvalue weighted by Gasteiger charge is 2.11. The molecule has 0 saturated heterocycles. The summed E-state index contributed by atoms with van der Waals surface area (Å²) in [5.74, 6) is 0.999. The molecule has 0 fully saturated rings. The van der Waals surface area contributed by atoms with E-state index in [9.17, 15) is 4.79 Å². The number of hydrogen-bond donors (Lipinski definition) is 1. The van der Waals surface area contributed by atoms with E-state index < -0.39 is 5.97 Å². The second-order valence-electron chi connectivity index (χ2n) is 3.56. The first kappa shape index (κ1) is 10.7. The Morgan fingerprint density at radius 2 is 2.21 bits per heavy atom. The van der Waals surface area contributed by atoms with E-state index >= 15 is 0 Å². The molecule has 5 heteroatoms. The fourth-order valence-electron chi connectivity index (χ4n) is 1.28. The molecule has 1 rings (SSSR count). The van der Waals surface area contributed by atoms with Crippen molar-refractivity contribution in [1.29, 1.82) is 0 Å². The number of aliphatic carboxylic acids is 1. The molecule has 1 heterocycles. The summed E-state index contributed by atoms with van der Waals surface area (Å²) in [5.41, 5.74) is 0. The van der Waals surface area contributed by atoms with Crippen LogP contribution in [0, 0.1) is 0 Å². The smallest absolute Gasteiger partial charge is 0.303 e. The Morgan fingerprint density at radius 3 is 2.64 bits per heavy atom. The molecular formula is C9H15N3O2. The SMILES string of the molecule is CC(C)c1nc(CCC(=O)O)nn1C. The molecular weight excluding hydrogens is 182 g/mol. The maximum absolute atomic E-state index is 10.3. The number of carboxylic acids is 1. The Hall–Kier alpha value is -1.39. The predicted molar refractivity (Wildman–Crippen MR) is 51.0 cm³/mol. The van der Waals surface area contributed by atoms with Gasteiger partial charge in [0.1, 0.15) is 5.82 Å². The number of carboxylic acid groups (broad SMARTS) is 1. The molecule has 0 amide bonds. The molecule has 0 atom stereocenters. The summed E-state index contributed by atoms with van der Waals surface area (Å²) in [5, 5.41) is 12.6. The van der Waals surface area contributed by atoms with Crippen LogP contribution in [-0.2, 0) is 18.3 Å². The topological polar surface area (TPSA) is 68.0 Å². The Balaban J connectivity index is 2.71. The third-order valence-electron chi connectivity index (χ3n) is 1.92. The van der Waals surface area contributed by atoms with E-state index in [0.29, 0.717) is 18.2 Å². The zero-order valence-electron chi connectivity index (χ0n) is 8.69. The molecule has 78 valence electrons. The van der Waals surface area contributed by atoms with Gasteiger partial charge in [-0.1, -0.05) is 13.8 Å². The highest BCUT2D eigenvalue weighted by atomic mass is 16.4. The quantitative estimate of drug-likeness (QED) is 0.780. The van der Waals surface area contributed by atoms with Crippen LogP contribution in [0.25, 0.3) is 0 Å². The lowest BCUT2D eigenvalue weighted by molar-refractivity contribution is -0.137. The van der Waals surface area contributed by atoms with Crippen molar-refractivity contribution in [3.8, 4) is 0 Å². The second-order valence-corrected chi connectivity index (χ2v) is 3.56. The van der Waals surface area contributed by atoms with Gasteiger partial charge in [-0.2, -0.15) is 5.10 Å². The Bertz CT molecular complexity index is 331. The van der Waals surface area contributed by atoms with Crippen LogP contribution in [0.5, 0.6) is 0 Å². The summed E-state index contributed by atoms with van der Waals surface area (Å²) in [6, 6.07) is 0. The van der Waals surface area contributed by atoms with Gasteiger partial charge in [-0.25, -0.2) is 4.98 Å². The normalized spacial score (nSPS) is 10.9. The molecule has 0 aliphatic heterocycles. The van der Waals surface area contributed by atoms with E-state index in [4.69, 9.17) is 5.11 Å². The van der Waals surface area contributed by atoms with Gasteiger partial charge in [0.05, 0.1) is 6.42 Å². The Morgan fingerprint density at radius 1 is 1.57 bits per heavy atom. The van der Waals surface area contributed by atoms with Crippen LogP contribution in [0.1, 0.15) is 37.8 Å². The van der Waals surface area contributed by atoms with Crippen LogP contribution in [0.4, 0.5) is 0 Å². The third-order valence-corrected chi connectivity index (χ3v) is 1.92. The minimum Gasteiger partial charge on any atom is -0.481 e.